The van der Waals surface area contributed by atoms with E-state index in [4.69, 9.17) is 4.74 Å². The van der Waals surface area contributed by atoms with Crippen LogP contribution < -0.4 is 5.32 Å². The Labute approximate surface area is 86.8 Å². The van der Waals surface area contributed by atoms with Gasteiger partial charge in [0.1, 0.15) is 0 Å². The number of rotatable bonds is 5. The molecule has 0 bridgehead atoms. The number of aliphatic hydroxyl groups excluding tert-OH is 1. The van der Waals surface area contributed by atoms with E-state index in [1.165, 1.54) is 12.8 Å². The van der Waals surface area contributed by atoms with Crippen LogP contribution in [-0.4, -0.2) is 36.5 Å². The Kier molecular flexibility index (Phi) is 5.45. The molecule has 0 aromatic carbocycles. The van der Waals surface area contributed by atoms with Crippen LogP contribution in [0.25, 0.3) is 0 Å². The van der Waals surface area contributed by atoms with Crippen molar-refractivity contribution in [2.75, 3.05) is 13.2 Å². The predicted octanol–water partition coefficient (Wildman–Crippen LogP) is 1.30. The van der Waals surface area contributed by atoms with Gasteiger partial charge in [0.05, 0.1) is 12.2 Å². The molecule has 1 rings (SSSR count). The highest BCUT2D eigenvalue weighted by atomic mass is 16.5. The van der Waals surface area contributed by atoms with Crippen LogP contribution in [0.3, 0.4) is 0 Å². The topological polar surface area (TPSA) is 41.5 Å². The standard InChI is InChI=1S/C11H23NO2/c1-3-14-9(2)8-12-10-6-4-5-7-11(10)13/h9-13H,3-8H2,1-2H3. The molecular weight excluding hydrogens is 178 g/mol. The second kappa shape index (κ2) is 6.38. The zero-order chi connectivity index (χ0) is 10.4. The molecule has 0 heterocycles. The highest BCUT2D eigenvalue weighted by molar-refractivity contribution is 4.80. The maximum Gasteiger partial charge on any atom is 0.0693 e. The first-order valence-electron chi connectivity index (χ1n) is 5.77. The molecule has 3 unspecified atom stereocenters. The third kappa shape index (κ3) is 3.95. The van der Waals surface area contributed by atoms with Gasteiger partial charge < -0.3 is 15.2 Å². The van der Waals surface area contributed by atoms with Gasteiger partial charge >= 0.3 is 0 Å². The van der Waals surface area contributed by atoms with Gasteiger partial charge in [-0.05, 0) is 26.7 Å². The lowest BCUT2D eigenvalue weighted by Crippen LogP contribution is -2.44. The molecule has 1 aliphatic carbocycles. The first kappa shape index (κ1) is 12.0. The fourth-order valence-corrected chi connectivity index (χ4v) is 2.01. The van der Waals surface area contributed by atoms with Gasteiger partial charge in [-0.1, -0.05) is 12.8 Å². The molecule has 84 valence electrons. The van der Waals surface area contributed by atoms with E-state index < -0.39 is 0 Å². The van der Waals surface area contributed by atoms with Crippen molar-refractivity contribution in [2.24, 2.45) is 0 Å². The van der Waals surface area contributed by atoms with E-state index >= 15 is 0 Å². The van der Waals surface area contributed by atoms with Gasteiger partial charge in [0, 0.05) is 19.2 Å². The van der Waals surface area contributed by atoms with Crippen LogP contribution in [0.15, 0.2) is 0 Å². The molecular formula is C11H23NO2. The van der Waals surface area contributed by atoms with Crippen LogP contribution in [0.5, 0.6) is 0 Å². The van der Waals surface area contributed by atoms with Gasteiger partial charge in [0.25, 0.3) is 0 Å². The summed E-state index contributed by atoms with van der Waals surface area (Å²) in [6.07, 6.45) is 4.53. The molecule has 3 nitrogen and oxygen atoms in total. The maximum absolute atomic E-state index is 9.71. The molecule has 0 aromatic heterocycles. The zero-order valence-electron chi connectivity index (χ0n) is 9.33. The Morgan fingerprint density at radius 1 is 1.43 bits per heavy atom. The minimum absolute atomic E-state index is 0.155. The summed E-state index contributed by atoms with van der Waals surface area (Å²) < 4.78 is 5.42. The average molecular weight is 201 g/mol. The zero-order valence-corrected chi connectivity index (χ0v) is 9.33. The van der Waals surface area contributed by atoms with E-state index in [1.54, 1.807) is 0 Å². The van der Waals surface area contributed by atoms with Crippen LogP contribution in [0.4, 0.5) is 0 Å². The summed E-state index contributed by atoms with van der Waals surface area (Å²) in [6.45, 7) is 5.67. The van der Waals surface area contributed by atoms with Crippen LogP contribution in [0.2, 0.25) is 0 Å². The molecule has 3 heteroatoms. The van der Waals surface area contributed by atoms with E-state index in [2.05, 4.69) is 12.2 Å². The fourth-order valence-electron chi connectivity index (χ4n) is 2.01. The van der Waals surface area contributed by atoms with Crippen LogP contribution in [0, 0.1) is 0 Å². The molecule has 0 amide bonds. The third-order valence-corrected chi connectivity index (χ3v) is 2.85. The van der Waals surface area contributed by atoms with Crippen LogP contribution in [0.1, 0.15) is 39.5 Å². The lowest BCUT2D eigenvalue weighted by molar-refractivity contribution is 0.0539. The molecule has 1 fully saturated rings. The Bertz CT molecular complexity index is 152. The highest BCUT2D eigenvalue weighted by Gasteiger charge is 2.22. The SMILES string of the molecule is CCOC(C)CNC1CCCCC1O. The second-order valence-corrected chi connectivity index (χ2v) is 4.13. The molecule has 0 spiro atoms. The summed E-state index contributed by atoms with van der Waals surface area (Å²) in [5.41, 5.74) is 0. The van der Waals surface area contributed by atoms with Gasteiger partial charge in [0.15, 0.2) is 0 Å². The number of hydrogen-bond acceptors (Lipinski definition) is 3. The molecule has 0 saturated heterocycles. The van der Waals surface area contributed by atoms with Gasteiger partial charge in [-0.15, -0.1) is 0 Å². The molecule has 1 aliphatic rings. The Morgan fingerprint density at radius 3 is 2.79 bits per heavy atom. The smallest absolute Gasteiger partial charge is 0.0693 e. The largest absolute Gasteiger partial charge is 0.392 e. The lowest BCUT2D eigenvalue weighted by Gasteiger charge is -2.29. The monoisotopic (exact) mass is 201 g/mol. The lowest BCUT2D eigenvalue weighted by atomic mass is 9.92. The van der Waals surface area contributed by atoms with Gasteiger partial charge in [-0.25, -0.2) is 0 Å². The van der Waals surface area contributed by atoms with Crippen LogP contribution >= 0.6 is 0 Å². The summed E-state index contributed by atoms with van der Waals surface area (Å²) in [4.78, 5) is 0. The number of ether oxygens (including phenoxy) is 1. The first-order chi connectivity index (χ1) is 6.74. The van der Waals surface area contributed by atoms with Crippen molar-refractivity contribution in [3.8, 4) is 0 Å². The van der Waals surface area contributed by atoms with Gasteiger partial charge in [0.2, 0.25) is 0 Å². The van der Waals surface area contributed by atoms with Crippen LogP contribution in [-0.2, 0) is 4.74 Å². The Balaban J connectivity index is 2.15. The molecule has 0 aromatic rings. The molecule has 0 radical (unpaired) electrons. The Hall–Kier alpha value is -0.120. The summed E-state index contributed by atoms with van der Waals surface area (Å²) in [6, 6.07) is 0.284. The highest BCUT2D eigenvalue weighted by Crippen LogP contribution is 2.18. The average Bonchev–Trinajstić information content (AvgIpc) is 2.17. The second-order valence-electron chi connectivity index (χ2n) is 4.13. The van der Waals surface area contributed by atoms with E-state index in [-0.39, 0.29) is 18.2 Å². The van der Waals surface area contributed by atoms with E-state index in [0.717, 1.165) is 26.0 Å². The van der Waals surface area contributed by atoms with Crippen molar-refractivity contribution in [3.05, 3.63) is 0 Å². The van der Waals surface area contributed by atoms with Crippen molar-refractivity contribution >= 4 is 0 Å². The van der Waals surface area contributed by atoms with Gasteiger partial charge in [-0.2, -0.15) is 0 Å². The maximum atomic E-state index is 9.71. The summed E-state index contributed by atoms with van der Waals surface area (Å²) in [5, 5.41) is 13.1. The minimum atomic E-state index is -0.155. The summed E-state index contributed by atoms with van der Waals surface area (Å²) in [5.74, 6) is 0. The van der Waals surface area contributed by atoms with Crippen molar-refractivity contribution in [2.45, 2.75) is 57.8 Å². The molecule has 1 saturated carbocycles. The quantitative estimate of drug-likeness (QED) is 0.704. The summed E-state index contributed by atoms with van der Waals surface area (Å²) >= 11 is 0. The van der Waals surface area contributed by atoms with Gasteiger partial charge in [-0.3, -0.25) is 0 Å². The van der Waals surface area contributed by atoms with Crippen molar-refractivity contribution in [1.82, 2.24) is 5.32 Å². The van der Waals surface area contributed by atoms with Crippen molar-refractivity contribution < 1.29 is 9.84 Å². The normalized spacial score (nSPS) is 30.2. The summed E-state index contributed by atoms with van der Waals surface area (Å²) in [7, 11) is 0. The molecule has 14 heavy (non-hydrogen) atoms. The van der Waals surface area contributed by atoms with E-state index in [9.17, 15) is 5.11 Å². The van der Waals surface area contributed by atoms with Crippen molar-refractivity contribution in [3.63, 3.8) is 0 Å². The minimum Gasteiger partial charge on any atom is -0.392 e. The number of aliphatic hydroxyl groups is 1. The first-order valence-corrected chi connectivity index (χ1v) is 5.77. The molecule has 2 N–H and O–H groups in total. The van der Waals surface area contributed by atoms with Crippen molar-refractivity contribution in [1.29, 1.82) is 0 Å². The molecule has 3 atom stereocenters. The van der Waals surface area contributed by atoms with E-state index in [0.29, 0.717) is 0 Å². The molecule has 0 aliphatic heterocycles. The number of hydrogen-bond donors (Lipinski definition) is 2. The third-order valence-electron chi connectivity index (χ3n) is 2.85. The predicted molar refractivity (Wildman–Crippen MR) is 57.4 cm³/mol. The fraction of sp³-hybridized carbons (Fsp3) is 1.00. The number of nitrogens with one attached hydrogen (secondary N) is 1. The van der Waals surface area contributed by atoms with E-state index in [1.807, 2.05) is 6.92 Å². The Morgan fingerprint density at radius 2 is 2.14 bits per heavy atom.